The van der Waals surface area contributed by atoms with Gasteiger partial charge in [0, 0.05) is 5.54 Å². The second-order valence-corrected chi connectivity index (χ2v) is 7.81. The maximum Gasteiger partial charge on any atom is 0.404 e. The molecule has 0 saturated carbocycles. The Hall–Kier alpha value is -2.12. The van der Waals surface area contributed by atoms with Gasteiger partial charge in [-0.1, -0.05) is 36.8 Å². The molecule has 7 nitrogen and oxygen atoms in total. The Labute approximate surface area is 161 Å². The van der Waals surface area contributed by atoms with Crippen LogP contribution in [0.4, 0.5) is 4.79 Å². The molecule has 3 atom stereocenters. The number of amides is 2. The van der Waals surface area contributed by atoms with E-state index >= 15 is 0 Å². The molecule has 2 amide bonds. The predicted octanol–water partition coefficient (Wildman–Crippen LogP) is 2.42. The summed E-state index contributed by atoms with van der Waals surface area (Å²) in [6.07, 6.45) is -0.804. The van der Waals surface area contributed by atoms with Crippen LogP contribution in [0.15, 0.2) is 30.3 Å². The van der Waals surface area contributed by atoms with Crippen molar-refractivity contribution in [2.45, 2.75) is 70.7 Å². The normalized spacial score (nSPS) is 14.9. The molecular formula is C20H33N3O4. The lowest BCUT2D eigenvalue weighted by atomic mass is 10.0. The Morgan fingerprint density at radius 2 is 1.70 bits per heavy atom. The van der Waals surface area contributed by atoms with Crippen LogP contribution in [0.25, 0.3) is 0 Å². The molecule has 1 rings (SSSR count). The zero-order valence-electron chi connectivity index (χ0n) is 16.7. The molecule has 0 aliphatic heterocycles. The van der Waals surface area contributed by atoms with Gasteiger partial charge >= 0.3 is 6.09 Å². The van der Waals surface area contributed by atoms with E-state index < -0.39 is 24.1 Å². The van der Waals surface area contributed by atoms with Crippen molar-refractivity contribution < 1.29 is 19.8 Å². The van der Waals surface area contributed by atoms with Gasteiger partial charge in [0.05, 0.1) is 12.1 Å². The molecule has 0 saturated heterocycles. The summed E-state index contributed by atoms with van der Waals surface area (Å²) in [5.41, 5.74) is 0.931. The van der Waals surface area contributed by atoms with Gasteiger partial charge in [-0.2, -0.15) is 0 Å². The SMILES string of the molecule is C[C@@H](NC(=O)C(O)C(CCCCNC(C)(C)C)NC(=O)O)c1ccccc1. The minimum absolute atomic E-state index is 0.0195. The van der Waals surface area contributed by atoms with Crippen LogP contribution in [0.2, 0.25) is 0 Å². The van der Waals surface area contributed by atoms with Crippen LogP contribution in [0.1, 0.15) is 58.6 Å². The van der Waals surface area contributed by atoms with Crippen molar-refractivity contribution >= 4 is 12.0 Å². The van der Waals surface area contributed by atoms with Gasteiger partial charge < -0.3 is 26.2 Å². The molecule has 1 aromatic carbocycles. The molecule has 0 radical (unpaired) electrons. The van der Waals surface area contributed by atoms with Crippen LogP contribution in [-0.2, 0) is 4.79 Å². The van der Waals surface area contributed by atoms with Crippen LogP contribution < -0.4 is 16.0 Å². The number of unbranched alkanes of at least 4 members (excludes halogenated alkanes) is 1. The fraction of sp³-hybridized carbons (Fsp3) is 0.600. The van der Waals surface area contributed by atoms with Gasteiger partial charge in [-0.05, 0) is 52.6 Å². The van der Waals surface area contributed by atoms with Gasteiger partial charge in [-0.3, -0.25) is 4.79 Å². The molecule has 0 bridgehead atoms. The number of aliphatic hydroxyl groups excluding tert-OH is 1. The zero-order valence-corrected chi connectivity index (χ0v) is 16.7. The van der Waals surface area contributed by atoms with E-state index in [9.17, 15) is 14.7 Å². The van der Waals surface area contributed by atoms with Crippen molar-refractivity contribution in [1.82, 2.24) is 16.0 Å². The monoisotopic (exact) mass is 379 g/mol. The van der Waals surface area contributed by atoms with E-state index in [-0.39, 0.29) is 11.6 Å². The molecule has 0 aliphatic carbocycles. The zero-order chi connectivity index (χ0) is 20.4. The van der Waals surface area contributed by atoms with E-state index in [0.717, 1.165) is 18.5 Å². The smallest absolute Gasteiger partial charge is 0.404 e. The number of nitrogens with one attached hydrogen (secondary N) is 3. The Bertz CT molecular complexity index is 587. The van der Waals surface area contributed by atoms with Crippen molar-refractivity contribution in [2.75, 3.05) is 6.54 Å². The Morgan fingerprint density at radius 3 is 2.26 bits per heavy atom. The summed E-state index contributed by atoms with van der Waals surface area (Å²) in [4.78, 5) is 23.4. The van der Waals surface area contributed by atoms with Crippen LogP contribution in [-0.4, -0.2) is 46.4 Å². The molecule has 0 aliphatic rings. The topological polar surface area (TPSA) is 111 Å². The van der Waals surface area contributed by atoms with Gasteiger partial charge in [0.15, 0.2) is 6.10 Å². The van der Waals surface area contributed by atoms with Gasteiger partial charge in [0.1, 0.15) is 0 Å². The van der Waals surface area contributed by atoms with E-state index in [1.54, 1.807) is 0 Å². The number of carbonyl (C=O) groups excluding carboxylic acids is 1. The molecule has 152 valence electrons. The summed E-state index contributed by atoms with van der Waals surface area (Å²) in [6.45, 7) is 8.83. The summed E-state index contributed by atoms with van der Waals surface area (Å²) in [5.74, 6) is -0.585. The molecule has 5 N–H and O–H groups in total. The first kappa shape index (κ1) is 22.9. The third-order valence-electron chi connectivity index (χ3n) is 4.21. The molecule has 0 fully saturated rings. The molecule has 7 heteroatoms. The van der Waals surface area contributed by atoms with E-state index in [4.69, 9.17) is 5.11 Å². The van der Waals surface area contributed by atoms with Crippen molar-refractivity contribution in [3.05, 3.63) is 35.9 Å². The standard InChI is InChI=1S/C20H33N3O4/c1-14(15-10-6-5-7-11-15)22-18(25)17(24)16(23-19(26)27)12-8-9-13-21-20(2,3)4/h5-7,10-11,14,16-17,21,23-24H,8-9,12-13H2,1-4H3,(H,22,25)(H,26,27)/t14-,16?,17?/m1/s1. The number of carbonyl (C=O) groups is 2. The van der Waals surface area contributed by atoms with E-state index in [0.29, 0.717) is 12.8 Å². The molecule has 0 aromatic heterocycles. The highest BCUT2D eigenvalue weighted by Crippen LogP contribution is 2.13. The first-order chi connectivity index (χ1) is 12.6. The summed E-state index contributed by atoms with van der Waals surface area (Å²) in [7, 11) is 0. The number of aliphatic hydroxyl groups is 1. The maximum atomic E-state index is 12.4. The fourth-order valence-electron chi connectivity index (χ4n) is 2.73. The molecule has 1 aromatic rings. The van der Waals surface area contributed by atoms with E-state index in [1.807, 2.05) is 37.3 Å². The van der Waals surface area contributed by atoms with E-state index in [2.05, 4.69) is 36.7 Å². The van der Waals surface area contributed by atoms with Gasteiger partial charge in [0.2, 0.25) is 0 Å². The predicted molar refractivity (Wildman–Crippen MR) is 106 cm³/mol. The Balaban J connectivity index is 2.55. The molecule has 2 unspecified atom stereocenters. The van der Waals surface area contributed by atoms with Crippen LogP contribution in [0.5, 0.6) is 0 Å². The third kappa shape index (κ3) is 9.40. The maximum absolute atomic E-state index is 12.4. The van der Waals surface area contributed by atoms with Gasteiger partial charge in [0.25, 0.3) is 5.91 Å². The second kappa shape index (κ2) is 10.9. The van der Waals surface area contributed by atoms with Gasteiger partial charge in [-0.25, -0.2) is 4.79 Å². The van der Waals surface area contributed by atoms with Crippen molar-refractivity contribution in [3.8, 4) is 0 Å². The second-order valence-electron chi connectivity index (χ2n) is 7.81. The highest BCUT2D eigenvalue weighted by atomic mass is 16.4. The number of rotatable bonds is 10. The first-order valence-corrected chi connectivity index (χ1v) is 9.38. The number of hydrogen-bond donors (Lipinski definition) is 5. The van der Waals surface area contributed by atoms with E-state index in [1.165, 1.54) is 0 Å². The quantitative estimate of drug-likeness (QED) is 0.401. The average Bonchev–Trinajstić information content (AvgIpc) is 2.59. The molecule has 27 heavy (non-hydrogen) atoms. The molecule has 0 heterocycles. The minimum atomic E-state index is -1.44. The highest BCUT2D eigenvalue weighted by molar-refractivity contribution is 5.82. The lowest BCUT2D eigenvalue weighted by Crippen LogP contribution is -2.50. The lowest BCUT2D eigenvalue weighted by Gasteiger charge is -2.25. The summed E-state index contributed by atoms with van der Waals surface area (Å²) in [6, 6.07) is 8.26. The largest absolute Gasteiger partial charge is 0.465 e. The molecular weight excluding hydrogens is 346 g/mol. The van der Waals surface area contributed by atoms with Gasteiger partial charge in [-0.15, -0.1) is 0 Å². The number of benzene rings is 1. The third-order valence-corrected chi connectivity index (χ3v) is 4.21. The Morgan fingerprint density at radius 1 is 1.07 bits per heavy atom. The number of carboxylic acid groups (broad SMARTS) is 1. The van der Waals surface area contributed by atoms with Crippen molar-refractivity contribution in [3.63, 3.8) is 0 Å². The Kier molecular flexibility index (Phi) is 9.25. The first-order valence-electron chi connectivity index (χ1n) is 9.38. The summed E-state index contributed by atoms with van der Waals surface area (Å²) >= 11 is 0. The lowest BCUT2D eigenvalue weighted by molar-refractivity contribution is -0.131. The van der Waals surface area contributed by atoms with Crippen molar-refractivity contribution in [2.24, 2.45) is 0 Å². The van der Waals surface area contributed by atoms with Crippen LogP contribution >= 0.6 is 0 Å². The van der Waals surface area contributed by atoms with Crippen molar-refractivity contribution in [1.29, 1.82) is 0 Å². The molecule has 0 spiro atoms. The van der Waals surface area contributed by atoms with Crippen LogP contribution in [0.3, 0.4) is 0 Å². The average molecular weight is 380 g/mol. The number of hydrogen-bond acceptors (Lipinski definition) is 4. The highest BCUT2D eigenvalue weighted by Gasteiger charge is 2.28. The summed E-state index contributed by atoms with van der Waals surface area (Å²) < 4.78 is 0. The van der Waals surface area contributed by atoms with Crippen LogP contribution in [0, 0.1) is 0 Å². The fourth-order valence-corrected chi connectivity index (χ4v) is 2.73. The summed E-state index contributed by atoms with van der Waals surface area (Å²) in [5, 5.41) is 27.7. The minimum Gasteiger partial charge on any atom is -0.465 e.